The average molecular weight is 571 g/mol. The minimum atomic E-state index is -0.963. The van der Waals surface area contributed by atoms with Crippen LogP contribution in [0.25, 0.3) is 5.57 Å². The summed E-state index contributed by atoms with van der Waals surface area (Å²) in [5.74, 6) is -2.15. The summed E-state index contributed by atoms with van der Waals surface area (Å²) in [6, 6.07) is 12.0. The number of piperidine rings is 2. The number of hydrogen-bond donors (Lipinski definition) is 1. The predicted molar refractivity (Wildman–Crippen MR) is 155 cm³/mol. The Labute approximate surface area is 244 Å². The van der Waals surface area contributed by atoms with Gasteiger partial charge < -0.3 is 4.90 Å². The topological polar surface area (TPSA) is 90.0 Å². The number of carbonyl (C=O) groups is 4. The summed E-state index contributed by atoms with van der Waals surface area (Å²) in [6.07, 6.45) is 4.49. The first kappa shape index (κ1) is 27.0. The molecule has 2 aromatic carbocycles. The van der Waals surface area contributed by atoms with Crippen molar-refractivity contribution in [1.82, 2.24) is 15.1 Å². The maximum Gasteiger partial charge on any atom is 0.262 e. The maximum absolute atomic E-state index is 13.7. The molecule has 0 aromatic heterocycles. The second-order valence-electron chi connectivity index (χ2n) is 13.3. The third-order valence-corrected chi connectivity index (χ3v) is 9.78. The molecular formula is C33H35FN4O4. The molecule has 2 aromatic rings. The number of fused-ring (bicyclic) bond motifs is 3. The summed E-state index contributed by atoms with van der Waals surface area (Å²) < 4.78 is 13.7. The summed E-state index contributed by atoms with van der Waals surface area (Å²) in [6.45, 7) is 7.33. The van der Waals surface area contributed by atoms with Crippen LogP contribution in [-0.2, 0) is 9.59 Å². The van der Waals surface area contributed by atoms with E-state index in [9.17, 15) is 23.6 Å². The van der Waals surface area contributed by atoms with Gasteiger partial charge >= 0.3 is 0 Å². The summed E-state index contributed by atoms with van der Waals surface area (Å²) in [5, 5.41) is 2.25. The van der Waals surface area contributed by atoms with Gasteiger partial charge in [0, 0.05) is 43.8 Å². The lowest BCUT2D eigenvalue weighted by molar-refractivity contribution is -0.136. The molecule has 4 fully saturated rings. The number of hydrogen-bond acceptors (Lipinski definition) is 6. The summed E-state index contributed by atoms with van der Waals surface area (Å²) in [5.41, 5.74) is 5.69. The largest absolute Gasteiger partial charge is 0.363 e. The lowest BCUT2D eigenvalue weighted by atomic mass is 9.72. The van der Waals surface area contributed by atoms with Gasteiger partial charge in [-0.25, -0.2) is 4.39 Å². The number of halogens is 1. The molecule has 2 bridgehead atoms. The Kier molecular flexibility index (Phi) is 6.34. The second kappa shape index (κ2) is 9.87. The molecule has 8 nitrogen and oxygen atoms in total. The van der Waals surface area contributed by atoms with Crippen LogP contribution >= 0.6 is 0 Å². The lowest BCUT2D eigenvalue weighted by Gasteiger charge is -2.58. The Hall–Kier alpha value is -3.85. The molecule has 42 heavy (non-hydrogen) atoms. The van der Waals surface area contributed by atoms with E-state index in [4.69, 9.17) is 0 Å². The number of rotatable bonds is 5. The van der Waals surface area contributed by atoms with Crippen molar-refractivity contribution in [2.24, 2.45) is 5.41 Å². The first-order chi connectivity index (χ1) is 20.1. The second-order valence-corrected chi connectivity index (χ2v) is 13.3. The fourth-order valence-corrected chi connectivity index (χ4v) is 7.60. The molecule has 3 unspecified atom stereocenters. The van der Waals surface area contributed by atoms with Crippen molar-refractivity contribution in [3.05, 3.63) is 70.5 Å². The number of amides is 4. The van der Waals surface area contributed by atoms with E-state index in [1.807, 2.05) is 18.2 Å². The fraction of sp³-hybridized carbons (Fsp3) is 0.455. The van der Waals surface area contributed by atoms with Gasteiger partial charge in [0.1, 0.15) is 11.9 Å². The monoisotopic (exact) mass is 570 g/mol. The minimum Gasteiger partial charge on any atom is -0.363 e. The van der Waals surface area contributed by atoms with Crippen LogP contribution in [0.5, 0.6) is 0 Å². The Balaban J connectivity index is 1.07. The van der Waals surface area contributed by atoms with E-state index < -0.39 is 23.8 Å². The third kappa shape index (κ3) is 4.54. The maximum atomic E-state index is 13.7. The number of imide groups is 2. The van der Waals surface area contributed by atoms with E-state index in [2.05, 4.69) is 29.0 Å². The molecule has 8 rings (SSSR count). The quantitative estimate of drug-likeness (QED) is 0.544. The van der Waals surface area contributed by atoms with E-state index in [0.717, 1.165) is 61.5 Å². The fourth-order valence-electron chi connectivity index (χ4n) is 7.60. The Bertz CT molecular complexity index is 1540. The van der Waals surface area contributed by atoms with E-state index in [1.165, 1.54) is 11.1 Å². The van der Waals surface area contributed by atoms with Crippen molar-refractivity contribution < 1.29 is 23.6 Å². The Morgan fingerprint density at radius 2 is 1.64 bits per heavy atom. The standard InChI is InChI=1S/C33H35FN4O4/c1-33(2)12-11-20(27(15-33)19-3-5-21(34)6-4-19)16-36-17-23-13-24(18-36)37(23)22-7-8-25-26(14-22)32(42)38(31(25)41)28-9-10-29(39)35-30(28)40/h3-8,14,23-24,28H,9-13,15-18H2,1-2H3,(H,35,39,40). The van der Waals surface area contributed by atoms with Gasteiger partial charge in [-0.1, -0.05) is 31.6 Å². The van der Waals surface area contributed by atoms with Gasteiger partial charge in [-0.3, -0.25) is 34.3 Å². The third-order valence-electron chi connectivity index (χ3n) is 9.78. The molecular weight excluding hydrogens is 535 g/mol. The van der Waals surface area contributed by atoms with Crippen molar-refractivity contribution in [2.75, 3.05) is 24.5 Å². The van der Waals surface area contributed by atoms with Gasteiger partial charge in [0.2, 0.25) is 11.8 Å². The predicted octanol–water partition coefficient (Wildman–Crippen LogP) is 4.15. The van der Waals surface area contributed by atoms with Gasteiger partial charge in [-0.05, 0) is 79.0 Å². The van der Waals surface area contributed by atoms with Crippen molar-refractivity contribution in [3.8, 4) is 0 Å². The molecule has 5 aliphatic heterocycles. The highest BCUT2D eigenvalue weighted by Gasteiger charge is 2.48. The molecule has 0 radical (unpaired) electrons. The zero-order chi connectivity index (χ0) is 29.3. The normalized spacial score (nSPS) is 27.3. The van der Waals surface area contributed by atoms with E-state index in [1.54, 1.807) is 24.3 Å². The van der Waals surface area contributed by atoms with Crippen molar-refractivity contribution >= 4 is 34.9 Å². The van der Waals surface area contributed by atoms with Gasteiger partial charge in [0.25, 0.3) is 11.8 Å². The van der Waals surface area contributed by atoms with Crippen LogP contribution in [0.1, 0.15) is 78.7 Å². The number of allylic oxidation sites excluding steroid dienone is 1. The minimum absolute atomic E-state index is 0.1000. The highest BCUT2D eigenvalue weighted by Crippen LogP contribution is 2.44. The van der Waals surface area contributed by atoms with Crippen LogP contribution in [0.2, 0.25) is 0 Å². The smallest absolute Gasteiger partial charge is 0.262 e. The molecule has 1 aliphatic carbocycles. The molecule has 1 N–H and O–H groups in total. The molecule has 218 valence electrons. The van der Waals surface area contributed by atoms with Crippen LogP contribution in [-0.4, -0.2) is 71.2 Å². The average Bonchev–Trinajstić information content (AvgIpc) is 3.19. The first-order valence-electron chi connectivity index (χ1n) is 14.9. The van der Waals surface area contributed by atoms with Gasteiger partial charge in [-0.15, -0.1) is 0 Å². The van der Waals surface area contributed by atoms with E-state index in [0.29, 0.717) is 23.2 Å². The Morgan fingerprint density at radius 1 is 0.929 bits per heavy atom. The number of piperazine rings is 1. The zero-order valence-electron chi connectivity index (χ0n) is 24.0. The molecule has 4 saturated heterocycles. The van der Waals surface area contributed by atoms with Crippen LogP contribution in [0.4, 0.5) is 10.1 Å². The van der Waals surface area contributed by atoms with Crippen molar-refractivity contribution in [2.45, 2.75) is 70.5 Å². The molecule has 0 saturated carbocycles. The summed E-state index contributed by atoms with van der Waals surface area (Å²) in [4.78, 5) is 56.3. The number of benzene rings is 2. The first-order valence-corrected chi connectivity index (χ1v) is 14.9. The molecule has 0 spiro atoms. The molecule has 6 aliphatic rings. The molecule has 5 heterocycles. The number of carbonyl (C=O) groups excluding carboxylic acids is 4. The lowest BCUT2D eigenvalue weighted by Crippen LogP contribution is -2.69. The van der Waals surface area contributed by atoms with Crippen molar-refractivity contribution in [1.29, 1.82) is 0 Å². The highest BCUT2D eigenvalue weighted by molar-refractivity contribution is 6.23. The van der Waals surface area contributed by atoms with Crippen LogP contribution in [0, 0.1) is 11.2 Å². The van der Waals surface area contributed by atoms with Crippen LogP contribution in [0.3, 0.4) is 0 Å². The van der Waals surface area contributed by atoms with E-state index >= 15 is 0 Å². The SMILES string of the molecule is CC1(C)CCC(CN2CC3CC(C2)N3c2ccc3c(c2)C(=O)N(C2CCC(=O)NC2=O)C3=O)=C(c2ccc(F)cc2)C1. The highest BCUT2D eigenvalue weighted by atomic mass is 19.1. The van der Waals surface area contributed by atoms with Gasteiger partial charge in [0.15, 0.2) is 0 Å². The molecule has 9 heteroatoms. The van der Waals surface area contributed by atoms with E-state index in [-0.39, 0.29) is 30.0 Å². The van der Waals surface area contributed by atoms with Crippen LogP contribution < -0.4 is 10.2 Å². The number of nitrogens with one attached hydrogen (secondary N) is 1. The summed E-state index contributed by atoms with van der Waals surface area (Å²) >= 11 is 0. The van der Waals surface area contributed by atoms with Gasteiger partial charge in [0.05, 0.1) is 11.1 Å². The number of nitrogens with zero attached hydrogens (tertiary/aromatic N) is 3. The van der Waals surface area contributed by atoms with Crippen molar-refractivity contribution in [3.63, 3.8) is 0 Å². The number of anilines is 1. The van der Waals surface area contributed by atoms with Crippen LogP contribution in [0.15, 0.2) is 48.0 Å². The summed E-state index contributed by atoms with van der Waals surface area (Å²) in [7, 11) is 0. The Morgan fingerprint density at radius 3 is 2.36 bits per heavy atom. The molecule has 3 atom stereocenters. The van der Waals surface area contributed by atoms with Gasteiger partial charge in [-0.2, -0.15) is 0 Å². The zero-order valence-corrected chi connectivity index (χ0v) is 24.0. The molecule has 4 amide bonds.